The molecule has 0 fully saturated rings. The molecule has 26 heavy (non-hydrogen) atoms. The number of hydrogen-bond donors (Lipinski definition) is 3. The van der Waals surface area contributed by atoms with Crippen LogP contribution in [0, 0.1) is 6.92 Å². The minimum absolute atomic E-state index is 0.130. The lowest BCUT2D eigenvalue weighted by Crippen LogP contribution is -2.09. The van der Waals surface area contributed by atoms with Crippen LogP contribution in [0.5, 0.6) is 0 Å². The molecule has 0 unspecified atom stereocenters. The summed E-state index contributed by atoms with van der Waals surface area (Å²) in [6.07, 6.45) is 3.52. The van der Waals surface area contributed by atoms with Crippen LogP contribution < -0.4 is 11.1 Å². The molecule has 4 rings (SSSR count). The van der Waals surface area contributed by atoms with Crippen LogP contribution in [0.1, 0.15) is 11.3 Å². The second kappa shape index (κ2) is 6.57. The van der Waals surface area contributed by atoms with E-state index in [1.165, 1.54) is 0 Å². The quantitative estimate of drug-likeness (QED) is 0.508. The number of hydrogen-bond acceptors (Lipinski definition) is 7. The summed E-state index contributed by atoms with van der Waals surface area (Å²) in [6.45, 7) is 2.31. The highest BCUT2D eigenvalue weighted by Crippen LogP contribution is 2.22. The number of halogens is 1. The van der Waals surface area contributed by atoms with Gasteiger partial charge in [-0.25, -0.2) is 0 Å². The normalized spacial score (nSPS) is 11.0. The molecular formula is C17H15ClN8. The number of nitrogens with zero attached hydrogens (tertiary/aromatic N) is 5. The third-order valence-corrected chi connectivity index (χ3v) is 4.15. The largest absolute Gasteiger partial charge is 0.368 e. The molecule has 4 aromatic rings. The van der Waals surface area contributed by atoms with E-state index < -0.39 is 0 Å². The van der Waals surface area contributed by atoms with E-state index in [1.807, 2.05) is 31.2 Å². The monoisotopic (exact) mass is 366 g/mol. The fourth-order valence-electron chi connectivity index (χ4n) is 2.53. The maximum atomic E-state index is 6.21. The SMILES string of the molecule is Cc1cnc(CNc2nc(N)nc(-c3ccc4cn[nH]c4c3)n2)c(Cl)c1. The fraction of sp³-hybridized carbons (Fsp3) is 0.118. The Balaban J connectivity index is 1.61. The van der Waals surface area contributed by atoms with Crippen LogP contribution in [0.25, 0.3) is 22.3 Å². The van der Waals surface area contributed by atoms with Gasteiger partial charge in [-0.3, -0.25) is 10.1 Å². The summed E-state index contributed by atoms with van der Waals surface area (Å²) in [5, 5.41) is 11.6. The van der Waals surface area contributed by atoms with Crippen molar-refractivity contribution in [2.24, 2.45) is 0 Å². The molecule has 9 heteroatoms. The number of rotatable bonds is 4. The highest BCUT2D eigenvalue weighted by atomic mass is 35.5. The second-order valence-electron chi connectivity index (χ2n) is 5.81. The number of fused-ring (bicyclic) bond motifs is 1. The van der Waals surface area contributed by atoms with Crippen LogP contribution in [0.4, 0.5) is 11.9 Å². The van der Waals surface area contributed by atoms with Crippen LogP contribution in [0.2, 0.25) is 5.02 Å². The van der Waals surface area contributed by atoms with Crippen LogP contribution in [0.3, 0.4) is 0 Å². The smallest absolute Gasteiger partial charge is 0.228 e. The Morgan fingerprint density at radius 1 is 1.15 bits per heavy atom. The van der Waals surface area contributed by atoms with E-state index in [2.05, 4.69) is 35.5 Å². The minimum atomic E-state index is 0.130. The van der Waals surface area contributed by atoms with Gasteiger partial charge in [0.15, 0.2) is 5.82 Å². The number of aryl methyl sites for hydroxylation is 1. The average Bonchev–Trinajstić information content (AvgIpc) is 3.08. The summed E-state index contributed by atoms with van der Waals surface area (Å²) in [7, 11) is 0. The van der Waals surface area contributed by atoms with Gasteiger partial charge >= 0.3 is 0 Å². The van der Waals surface area contributed by atoms with Crippen molar-refractivity contribution in [2.45, 2.75) is 13.5 Å². The number of nitrogens with two attached hydrogens (primary N) is 1. The van der Waals surface area contributed by atoms with E-state index >= 15 is 0 Å². The molecule has 0 saturated heterocycles. The molecule has 4 N–H and O–H groups in total. The van der Waals surface area contributed by atoms with Gasteiger partial charge in [0.05, 0.1) is 29.0 Å². The third kappa shape index (κ3) is 3.27. The molecule has 8 nitrogen and oxygen atoms in total. The Kier molecular flexibility index (Phi) is 4.10. The third-order valence-electron chi connectivity index (χ3n) is 3.82. The molecule has 3 heterocycles. The molecule has 0 aliphatic rings. The second-order valence-corrected chi connectivity index (χ2v) is 6.21. The first-order valence-corrected chi connectivity index (χ1v) is 8.26. The Morgan fingerprint density at radius 2 is 2.04 bits per heavy atom. The minimum Gasteiger partial charge on any atom is -0.368 e. The number of pyridine rings is 1. The lowest BCUT2D eigenvalue weighted by molar-refractivity contribution is 0.981. The highest BCUT2D eigenvalue weighted by Gasteiger charge is 2.09. The summed E-state index contributed by atoms with van der Waals surface area (Å²) in [4.78, 5) is 17.1. The van der Waals surface area contributed by atoms with E-state index in [0.717, 1.165) is 22.0 Å². The van der Waals surface area contributed by atoms with E-state index in [9.17, 15) is 0 Å². The van der Waals surface area contributed by atoms with Crippen molar-refractivity contribution in [3.63, 3.8) is 0 Å². The van der Waals surface area contributed by atoms with Gasteiger partial charge in [0.2, 0.25) is 11.9 Å². The highest BCUT2D eigenvalue weighted by molar-refractivity contribution is 6.31. The number of nitrogen functional groups attached to an aromatic ring is 1. The number of benzene rings is 1. The van der Waals surface area contributed by atoms with Crippen molar-refractivity contribution in [3.8, 4) is 11.4 Å². The van der Waals surface area contributed by atoms with Crippen LogP contribution in [-0.4, -0.2) is 30.1 Å². The maximum Gasteiger partial charge on any atom is 0.228 e. The Labute approximate surface area is 153 Å². The van der Waals surface area contributed by atoms with Crippen molar-refractivity contribution in [2.75, 3.05) is 11.1 Å². The lowest BCUT2D eigenvalue weighted by atomic mass is 10.1. The summed E-state index contributed by atoms with van der Waals surface area (Å²) in [6, 6.07) is 7.63. The lowest BCUT2D eigenvalue weighted by Gasteiger charge is -2.08. The average molecular weight is 367 g/mol. The van der Waals surface area contributed by atoms with E-state index in [-0.39, 0.29) is 5.95 Å². The first-order valence-electron chi connectivity index (χ1n) is 7.88. The van der Waals surface area contributed by atoms with Gasteiger partial charge in [-0.1, -0.05) is 23.7 Å². The molecule has 0 aliphatic carbocycles. The molecule has 0 radical (unpaired) electrons. The first-order chi connectivity index (χ1) is 12.6. The molecule has 3 aromatic heterocycles. The predicted molar refractivity (Wildman–Crippen MR) is 101 cm³/mol. The zero-order chi connectivity index (χ0) is 18.1. The number of aromatic amines is 1. The zero-order valence-electron chi connectivity index (χ0n) is 13.9. The molecule has 0 aliphatic heterocycles. The van der Waals surface area contributed by atoms with Crippen molar-refractivity contribution < 1.29 is 0 Å². The van der Waals surface area contributed by atoms with Gasteiger partial charge < -0.3 is 11.1 Å². The van der Waals surface area contributed by atoms with Crippen LogP contribution in [0.15, 0.2) is 36.7 Å². The van der Waals surface area contributed by atoms with Gasteiger partial charge in [-0.15, -0.1) is 0 Å². The molecule has 0 bridgehead atoms. The topological polar surface area (TPSA) is 118 Å². The molecule has 0 atom stereocenters. The summed E-state index contributed by atoms with van der Waals surface area (Å²) in [5.74, 6) is 0.959. The van der Waals surface area contributed by atoms with Crippen LogP contribution in [-0.2, 0) is 6.54 Å². The van der Waals surface area contributed by atoms with Gasteiger partial charge in [-0.2, -0.15) is 20.1 Å². The van der Waals surface area contributed by atoms with Gasteiger partial charge in [0, 0.05) is 17.1 Å². The first kappa shape index (κ1) is 16.2. The van der Waals surface area contributed by atoms with E-state index in [4.69, 9.17) is 17.3 Å². The van der Waals surface area contributed by atoms with Crippen molar-refractivity contribution in [1.82, 2.24) is 30.1 Å². The standard InChI is InChI=1S/C17H15ClN8/c1-9-4-12(18)14(20-6-9)8-21-17-24-15(23-16(19)25-17)10-2-3-11-7-22-26-13(11)5-10/h2-7H,8H2,1H3,(H,22,26)(H3,19,21,23,24,25). The van der Waals surface area contributed by atoms with Crippen molar-refractivity contribution in [3.05, 3.63) is 52.9 Å². The Hall–Kier alpha value is -3.26. The zero-order valence-corrected chi connectivity index (χ0v) is 14.6. The van der Waals surface area contributed by atoms with Crippen molar-refractivity contribution in [1.29, 1.82) is 0 Å². The molecule has 0 spiro atoms. The van der Waals surface area contributed by atoms with E-state index in [0.29, 0.717) is 29.0 Å². The molecule has 130 valence electrons. The number of anilines is 2. The predicted octanol–water partition coefficient (Wildman–Crippen LogP) is 2.97. The summed E-state index contributed by atoms with van der Waals surface area (Å²) in [5.41, 5.74) is 9.25. The number of aromatic nitrogens is 6. The van der Waals surface area contributed by atoms with Gasteiger partial charge in [0.25, 0.3) is 0 Å². The van der Waals surface area contributed by atoms with Gasteiger partial charge in [-0.05, 0) is 24.6 Å². The van der Waals surface area contributed by atoms with E-state index in [1.54, 1.807) is 12.4 Å². The summed E-state index contributed by atoms with van der Waals surface area (Å²) >= 11 is 6.21. The Bertz CT molecular complexity index is 1090. The number of nitrogens with one attached hydrogen (secondary N) is 2. The molecule has 0 saturated carbocycles. The maximum absolute atomic E-state index is 6.21. The summed E-state index contributed by atoms with van der Waals surface area (Å²) < 4.78 is 0. The Morgan fingerprint density at radius 3 is 2.88 bits per heavy atom. The number of H-pyrrole nitrogens is 1. The molecular weight excluding hydrogens is 352 g/mol. The fourth-order valence-corrected chi connectivity index (χ4v) is 2.82. The molecule has 0 amide bonds. The van der Waals surface area contributed by atoms with Crippen molar-refractivity contribution >= 4 is 34.4 Å². The van der Waals surface area contributed by atoms with Crippen LogP contribution >= 0.6 is 11.6 Å². The van der Waals surface area contributed by atoms with Gasteiger partial charge in [0.1, 0.15) is 0 Å². The molecule has 1 aromatic carbocycles.